The molecule has 1 atom stereocenters. The maximum atomic E-state index is 12.7. The zero-order valence-electron chi connectivity index (χ0n) is 14.5. The lowest BCUT2D eigenvalue weighted by Gasteiger charge is -2.25. The maximum absolute atomic E-state index is 12.7. The number of hydrogen-bond donors (Lipinski definition) is 1. The Bertz CT molecular complexity index is 999. The summed E-state index contributed by atoms with van der Waals surface area (Å²) in [5.74, 6) is 0.319. The molecule has 3 aromatic rings. The Morgan fingerprint density at radius 2 is 2.00 bits per heavy atom. The number of nitrogens with zero attached hydrogens (tertiary/aromatic N) is 3. The number of ketones is 1. The number of aryl methyl sites for hydroxylation is 1. The van der Waals surface area contributed by atoms with Crippen molar-refractivity contribution in [3.05, 3.63) is 52.2 Å². The number of rotatable bonds is 3. The van der Waals surface area contributed by atoms with Gasteiger partial charge in [-0.1, -0.05) is 35.6 Å². The van der Waals surface area contributed by atoms with Crippen molar-refractivity contribution >= 4 is 23.1 Å². The highest BCUT2D eigenvalue weighted by Gasteiger charge is 2.31. The van der Waals surface area contributed by atoms with Crippen LogP contribution in [0.25, 0.3) is 11.3 Å². The van der Waals surface area contributed by atoms with Crippen molar-refractivity contribution in [2.24, 2.45) is 0 Å². The number of nitrogen functional groups attached to an aromatic ring is 1. The first kappa shape index (κ1) is 16.7. The number of benzene rings is 1. The lowest BCUT2D eigenvalue weighted by atomic mass is 9.79. The van der Waals surface area contributed by atoms with Gasteiger partial charge in [0.2, 0.25) is 5.95 Å². The number of carbonyl (C=O) groups excluding carboxylic acids is 1. The molecule has 0 saturated heterocycles. The molecule has 2 aromatic heterocycles. The zero-order valence-corrected chi connectivity index (χ0v) is 15.3. The Labute approximate surface area is 155 Å². The summed E-state index contributed by atoms with van der Waals surface area (Å²) < 4.78 is 5.21. The number of aromatic nitrogens is 3. The number of anilines is 1. The first-order valence-electron chi connectivity index (χ1n) is 8.31. The number of methoxy groups -OCH3 is 1. The Morgan fingerprint density at radius 1 is 1.19 bits per heavy atom. The Hall–Kier alpha value is -2.80. The molecule has 0 radical (unpaired) electrons. The number of nitrogens with two attached hydrogens (primary N) is 1. The highest BCUT2D eigenvalue weighted by atomic mass is 32.1. The SMILES string of the molecule is Cc1nc(N)nc2c1C(=O)CC(c1ccccc1-c1csc(O[11CH3])n1)C2. The fraction of sp³-hybridized carbons (Fsp3) is 0.263. The van der Waals surface area contributed by atoms with Gasteiger partial charge >= 0.3 is 0 Å². The standard InChI is InChI=1S/C19H18N4O2S/c1-10-17-14(22-18(20)21-10)7-11(8-16(17)24)12-5-3-4-6-13(12)15-9-26-19(23-15)25-2/h3-6,9,11H,7-8H2,1-2H3,(H2,20,21,22)/i2-1. The van der Waals surface area contributed by atoms with E-state index in [1.165, 1.54) is 11.3 Å². The molecule has 1 unspecified atom stereocenters. The summed E-state index contributed by atoms with van der Waals surface area (Å²) in [6.07, 6.45) is 1.09. The minimum absolute atomic E-state index is 0.0348. The first-order valence-corrected chi connectivity index (χ1v) is 9.19. The number of ether oxygens (including phenoxy) is 1. The Kier molecular flexibility index (Phi) is 4.16. The van der Waals surface area contributed by atoms with Gasteiger partial charge in [0.1, 0.15) is 0 Å². The molecular formula is C19H18N4O2S. The average Bonchev–Trinajstić information content (AvgIpc) is 3.09. The van der Waals surface area contributed by atoms with Crippen LogP contribution in [0.5, 0.6) is 5.19 Å². The molecule has 1 aliphatic rings. The first-order chi connectivity index (χ1) is 12.6. The van der Waals surface area contributed by atoms with Crippen molar-refractivity contribution in [3.63, 3.8) is 0 Å². The highest BCUT2D eigenvalue weighted by Crippen LogP contribution is 2.38. The summed E-state index contributed by atoms with van der Waals surface area (Å²) in [7, 11) is 1.61. The molecule has 4 rings (SSSR count). The van der Waals surface area contributed by atoms with Crippen molar-refractivity contribution in [2.45, 2.75) is 25.7 Å². The van der Waals surface area contributed by atoms with Crippen LogP contribution in [0, 0.1) is 6.92 Å². The fourth-order valence-electron chi connectivity index (χ4n) is 3.58. The van der Waals surface area contributed by atoms with Crippen LogP contribution in [0.2, 0.25) is 0 Å². The zero-order chi connectivity index (χ0) is 18.3. The molecule has 1 aliphatic carbocycles. The van der Waals surface area contributed by atoms with Gasteiger partial charge in [0.05, 0.1) is 29.8 Å². The molecule has 26 heavy (non-hydrogen) atoms. The summed E-state index contributed by atoms with van der Waals surface area (Å²) in [4.78, 5) is 25.7. The number of carbonyl (C=O) groups is 1. The minimum Gasteiger partial charge on any atom is -0.473 e. The highest BCUT2D eigenvalue weighted by molar-refractivity contribution is 7.11. The van der Waals surface area contributed by atoms with Crippen LogP contribution in [0.1, 0.15) is 39.6 Å². The van der Waals surface area contributed by atoms with Crippen molar-refractivity contribution in [1.82, 2.24) is 15.0 Å². The topological polar surface area (TPSA) is 91.0 Å². The Morgan fingerprint density at radius 3 is 2.77 bits per heavy atom. The van der Waals surface area contributed by atoms with Gasteiger partial charge in [0.15, 0.2) is 5.78 Å². The van der Waals surface area contributed by atoms with Crippen LogP contribution in [0.4, 0.5) is 5.95 Å². The van der Waals surface area contributed by atoms with Gasteiger partial charge in [-0.2, -0.15) is 0 Å². The van der Waals surface area contributed by atoms with E-state index in [9.17, 15) is 4.79 Å². The third-order valence-corrected chi connectivity index (χ3v) is 5.47. The van der Waals surface area contributed by atoms with E-state index in [1.54, 1.807) is 7.11 Å². The van der Waals surface area contributed by atoms with Crippen LogP contribution in [-0.2, 0) is 6.42 Å². The van der Waals surface area contributed by atoms with Gasteiger partial charge in [-0.15, -0.1) is 0 Å². The fourth-order valence-corrected chi connectivity index (χ4v) is 4.22. The van der Waals surface area contributed by atoms with Gasteiger partial charge in [0.25, 0.3) is 5.19 Å². The molecule has 6 nitrogen and oxygen atoms in total. The van der Waals surface area contributed by atoms with Crippen LogP contribution in [0.3, 0.4) is 0 Å². The third-order valence-electron chi connectivity index (χ3n) is 4.67. The molecule has 1 aromatic carbocycles. The molecule has 0 fully saturated rings. The lowest BCUT2D eigenvalue weighted by molar-refractivity contribution is 0.0962. The largest absolute Gasteiger partial charge is 0.473 e. The summed E-state index contributed by atoms with van der Waals surface area (Å²) in [5, 5.41) is 2.59. The van der Waals surface area contributed by atoms with E-state index in [2.05, 4.69) is 21.0 Å². The predicted octanol–water partition coefficient (Wildman–Crippen LogP) is 3.41. The molecule has 132 valence electrons. The van der Waals surface area contributed by atoms with E-state index in [0.29, 0.717) is 29.3 Å². The van der Waals surface area contributed by atoms with Gasteiger partial charge in [-0.3, -0.25) is 4.79 Å². The van der Waals surface area contributed by atoms with E-state index in [-0.39, 0.29) is 17.6 Å². The second kappa shape index (κ2) is 6.49. The van der Waals surface area contributed by atoms with E-state index in [1.807, 2.05) is 30.5 Å². The second-order valence-electron chi connectivity index (χ2n) is 6.31. The normalized spacial score (nSPS) is 16.4. The molecule has 0 saturated carbocycles. The van der Waals surface area contributed by atoms with Crippen LogP contribution < -0.4 is 10.5 Å². The second-order valence-corrected chi connectivity index (χ2v) is 7.13. The molecule has 7 heteroatoms. The van der Waals surface area contributed by atoms with Gasteiger partial charge in [-0.25, -0.2) is 15.0 Å². The number of Topliss-reactive ketones (excluding diaryl/α,β-unsaturated/α-hetero) is 1. The number of thiazole rings is 1. The van der Waals surface area contributed by atoms with E-state index in [0.717, 1.165) is 22.5 Å². The van der Waals surface area contributed by atoms with Crippen LogP contribution in [0.15, 0.2) is 29.6 Å². The van der Waals surface area contributed by atoms with Crippen molar-refractivity contribution in [1.29, 1.82) is 0 Å². The summed E-state index contributed by atoms with van der Waals surface area (Å²) in [6, 6.07) is 8.06. The van der Waals surface area contributed by atoms with E-state index >= 15 is 0 Å². The van der Waals surface area contributed by atoms with Crippen molar-refractivity contribution in [3.8, 4) is 16.5 Å². The molecule has 2 heterocycles. The molecule has 2 N–H and O–H groups in total. The van der Waals surface area contributed by atoms with Crippen LogP contribution >= 0.6 is 11.3 Å². The number of hydrogen-bond acceptors (Lipinski definition) is 7. The van der Waals surface area contributed by atoms with Crippen molar-refractivity contribution < 1.29 is 9.53 Å². The predicted molar refractivity (Wildman–Crippen MR) is 101 cm³/mol. The molecule has 0 aliphatic heterocycles. The molecular weight excluding hydrogens is 347 g/mol. The van der Waals surface area contributed by atoms with E-state index in [4.69, 9.17) is 10.5 Å². The number of fused-ring (bicyclic) bond motifs is 1. The third kappa shape index (κ3) is 2.84. The van der Waals surface area contributed by atoms with Gasteiger partial charge in [-0.05, 0) is 24.8 Å². The van der Waals surface area contributed by atoms with Crippen molar-refractivity contribution in [2.75, 3.05) is 12.8 Å². The molecule has 0 spiro atoms. The van der Waals surface area contributed by atoms with E-state index < -0.39 is 0 Å². The minimum atomic E-state index is 0.0348. The maximum Gasteiger partial charge on any atom is 0.273 e. The van der Waals surface area contributed by atoms with Crippen LogP contribution in [-0.4, -0.2) is 27.8 Å². The smallest absolute Gasteiger partial charge is 0.273 e. The Balaban J connectivity index is 1.76. The summed E-state index contributed by atoms with van der Waals surface area (Å²) in [5.41, 5.74) is 10.8. The molecule has 0 amide bonds. The quantitative estimate of drug-likeness (QED) is 0.765. The lowest BCUT2D eigenvalue weighted by Crippen LogP contribution is -2.23. The van der Waals surface area contributed by atoms with Gasteiger partial charge in [0, 0.05) is 17.4 Å². The van der Waals surface area contributed by atoms with Gasteiger partial charge < -0.3 is 10.5 Å². The summed E-state index contributed by atoms with van der Waals surface area (Å²) >= 11 is 1.46. The monoisotopic (exact) mass is 365 g/mol. The summed E-state index contributed by atoms with van der Waals surface area (Å²) in [6.45, 7) is 1.81. The molecule has 0 bridgehead atoms. The average molecular weight is 365 g/mol.